The molecule has 2 rings (SSSR count). The highest BCUT2D eigenvalue weighted by molar-refractivity contribution is 5.14. The first kappa shape index (κ1) is 8.76. The van der Waals surface area contributed by atoms with Crippen LogP contribution in [0.15, 0.2) is 30.3 Å². The van der Waals surface area contributed by atoms with Crippen molar-refractivity contribution < 1.29 is 4.74 Å². The topological polar surface area (TPSA) is 12.5 Å². The van der Waals surface area contributed by atoms with Crippen molar-refractivity contribution >= 4 is 0 Å². The quantitative estimate of drug-likeness (QED) is 0.642. The van der Waals surface area contributed by atoms with Crippen molar-refractivity contribution in [3.63, 3.8) is 0 Å². The molecule has 0 spiro atoms. The standard InChI is InChI=1S/C12H16O/c1-10(12-9-13-12)7-8-11-5-3-2-4-6-11/h2-6,10,12H,7-9H2,1H3. The summed E-state index contributed by atoms with van der Waals surface area (Å²) in [5.41, 5.74) is 1.44. The lowest BCUT2D eigenvalue weighted by Gasteiger charge is -2.07. The fourth-order valence-electron chi connectivity index (χ4n) is 1.61. The van der Waals surface area contributed by atoms with Crippen LogP contribution in [0.5, 0.6) is 0 Å². The van der Waals surface area contributed by atoms with Crippen LogP contribution in [0.2, 0.25) is 0 Å². The predicted octanol–water partition coefficient (Wildman–Crippen LogP) is 2.65. The number of hydrogen-bond acceptors (Lipinski definition) is 1. The van der Waals surface area contributed by atoms with Crippen molar-refractivity contribution in [2.75, 3.05) is 6.61 Å². The third kappa shape index (κ3) is 2.56. The zero-order valence-corrected chi connectivity index (χ0v) is 8.07. The monoisotopic (exact) mass is 176 g/mol. The van der Waals surface area contributed by atoms with E-state index in [1.165, 1.54) is 18.4 Å². The summed E-state index contributed by atoms with van der Waals surface area (Å²) in [6.07, 6.45) is 2.99. The van der Waals surface area contributed by atoms with Gasteiger partial charge in [-0.15, -0.1) is 0 Å². The van der Waals surface area contributed by atoms with Gasteiger partial charge >= 0.3 is 0 Å². The smallest absolute Gasteiger partial charge is 0.0835 e. The van der Waals surface area contributed by atoms with Gasteiger partial charge in [-0.25, -0.2) is 0 Å². The van der Waals surface area contributed by atoms with Crippen LogP contribution in [-0.4, -0.2) is 12.7 Å². The average Bonchev–Trinajstić information content (AvgIpc) is 2.99. The van der Waals surface area contributed by atoms with Crippen molar-refractivity contribution in [2.24, 2.45) is 5.92 Å². The second-order valence-electron chi connectivity index (χ2n) is 3.87. The number of benzene rings is 1. The minimum absolute atomic E-state index is 0.559. The molecular formula is C12H16O. The van der Waals surface area contributed by atoms with Crippen LogP contribution in [0.4, 0.5) is 0 Å². The van der Waals surface area contributed by atoms with Crippen LogP contribution in [0.1, 0.15) is 18.9 Å². The van der Waals surface area contributed by atoms with Crippen LogP contribution >= 0.6 is 0 Å². The lowest BCUT2D eigenvalue weighted by Crippen LogP contribution is -2.04. The number of hydrogen-bond donors (Lipinski definition) is 0. The largest absolute Gasteiger partial charge is 0.373 e. The maximum Gasteiger partial charge on any atom is 0.0835 e. The summed E-state index contributed by atoms with van der Waals surface area (Å²) in [6.45, 7) is 3.26. The molecule has 2 unspecified atom stereocenters. The van der Waals surface area contributed by atoms with Crippen LogP contribution in [0.3, 0.4) is 0 Å². The molecule has 1 aromatic rings. The molecule has 1 heterocycles. The zero-order valence-electron chi connectivity index (χ0n) is 8.07. The van der Waals surface area contributed by atoms with E-state index in [1.807, 2.05) is 0 Å². The van der Waals surface area contributed by atoms with Gasteiger partial charge in [0.15, 0.2) is 0 Å². The van der Waals surface area contributed by atoms with Gasteiger partial charge in [-0.3, -0.25) is 0 Å². The third-order valence-corrected chi connectivity index (χ3v) is 2.72. The molecule has 1 aromatic carbocycles. The van der Waals surface area contributed by atoms with E-state index in [2.05, 4.69) is 37.3 Å². The molecule has 1 nitrogen and oxygen atoms in total. The van der Waals surface area contributed by atoms with Gasteiger partial charge in [0.1, 0.15) is 0 Å². The molecule has 13 heavy (non-hydrogen) atoms. The Balaban J connectivity index is 1.78. The van der Waals surface area contributed by atoms with E-state index in [-0.39, 0.29) is 0 Å². The Bertz CT molecular complexity index is 251. The van der Waals surface area contributed by atoms with Crippen molar-refractivity contribution in [1.82, 2.24) is 0 Å². The average molecular weight is 176 g/mol. The Morgan fingerprint density at radius 3 is 2.69 bits per heavy atom. The molecule has 1 aliphatic rings. The van der Waals surface area contributed by atoms with Gasteiger partial charge < -0.3 is 4.74 Å². The van der Waals surface area contributed by atoms with E-state index in [0.29, 0.717) is 6.10 Å². The van der Waals surface area contributed by atoms with E-state index in [9.17, 15) is 0 Å². The minimum Gasteiger partial charge on any atom is -0.373 e. The molecular weight excluding hydrogens is 160 g/mol. The fraction of sp³-hybridized carbons (Fsp3) is 0.500. The molecule has 1 heteroatoms. The predicted molar refractivity (Wildman–Crippen MR) is 53.7 cm³/mol. The number of aryl methyl sites for hydroxylation is 1. The summed E-state index contributed by atoms with van der Waals surface area (Å²) in [5.74, 6) is 0.722. The van der Waals surface area contributed by atoms with Gasteiger partial charge in [0.05, 0.1) is 12.7 Å². The summed E-state index contributed by atoms with van der Waals surface area (Å²) in [6, 6.07) is 10.7. The van der Waals surface area contributed by atoms with Crippen LogP contribution in [-0.2, 0) is 11.2 Å². The maximum absolute atomic E-state index is 5.26. The summed E-state index contributed by atoms with van der Waals surface area (Å²) in [5, 5.41) is 0. The molecule has 2 atom stereocenters. The lowest BCUT2D eigenvalue weighted by atomic mass is 9.99. The molecule has 1 aliphatic heterocycles. The van der Waals surface area contributed by atoms with Crippen LogP contribution in [0, 0.1) is 5.92 Å². The molecule has 0 saturated carbocycles. The van der Waals surface area contributed by atoms with Gasteiger partial charge in [0.25, 0.3) is 0 Å². The third-order valence-electron chi connectivity index (χ3n) is 2.72. The van der Waals surface area contributed by atoms with Gasteiger partial charge in [0, 0.05) is 0 Å². The Kier molecular flexibility index (Phi) is 2.65. The van der Waals surface area contributed by atoms with Crippen molar-refractivity contribution in [3.05, 3.63) is 35.9 Å². The van der Waals surface area contributed by atoms with Crippen LogP contribution < -0.4 is 0 Å². The SMILES string of the molecule is CC(CCc1ccccc1)C1CO1. The van der Waals surface area contributed by atoms with Crippen molar-refractivity contribution in [2.45, 2.75) is 25.9 Å². The van der Waals surface area contributed by atoms with Gasteiger partial charge in [-0.05, 0) is 24.3 Å². The van der Waals surface area contributed by atoms with Crippen molar-refractivity contribution in [1.29, 1.82) is 0 Å². The lowest BCUT2D eigenvalue weighted by molar-refractivity contribution is 0.331. The molecule has 70 valence electrons. The van der Waals surface area contributed by atoms with E-state index in [0.717, 1.165) is 12.5 Å². The van der Waals surface area contributed by atoms with E-state index >= 15 is 0 Å². The highest BCUT2D eigenvalue weighted by atomic mass is 16.6. The zero-order chi connectivity index (χ0) is 9.10. The number of epoxide rings is 1. The molecule has 0 aliphatic carbocycles. The highest BCUT2D eigenvalue weighted by Crippen LogP contribution is 2.23. The molecule has 1 fully saturated rings. The first-order valence-electron chi connectivity index (χ1n) is 5.02. The Hall–Kier alpha value is -0.820. The first-order chi connectivity index (χ1) is 6.36. The van der Waals surface area contributed by atoms with Crippen LogP contribution in [0.25, 0.3) is 0 Å². The minimum atomic E-state index is 0.559. The molecule has 0 radical (unpaired) electrons. The molecule has 0 amide bonds. The van der Waals surface area contributed by atoms with E-state index in [4.69, 9.17) is 4.74 Å². The normalized spacial score (nSPS) is 22.7. The second kappa shape index (κ2) is 3.93. The number of ether oxygens (including phenoxy) is 1. The maximum atomic E-state index is 5.26. The van der Waals surface area contributed by atoms with Gasteiger partial charge in [-0.2, -0.15) is 0 Å². The van der Waals surface area contributed by atoms with Gasteiger partial charge in [-0.1, -0.05) is 37.3 Å². The molecule has 0 N–H and O–H groups in total. The fourth-order valence-corrected chi connectivity index (χ4v) is 1.61. The molecule has 1 saturated heterocycles. The van der Waals surface area contributed by atoms with E-state index in [1.54, 1.807) is 0 Å². The molecule has 0 aromatic heterocycles. The summed E-state index contributed by atoms with van der Waals surface area (Å²) in [4.78, 5) is 0. The molecule has 0 bridgehead atoms. The Morgan fingerprint density at radius 1 is 1.38 bits per heavy atom. The van der Waals surface area contributed by atoms with Crippen molar-refractivity contribution in [3.8, 4) is 0 Å². The number of rotatable bonds is 4. The van der Waals surface area contributed by atoms with Gasteiger partial charge in [0.2, 0.25) is 0 Å². The second-order valence-corrected chi connectivity index (χ2v) is 3.87. The first-order valence-corrected chi connectivity index (χ1v) is 5.02. The summed E-state index contributed by atoms with van der Waals surface area (Å²) < 4.78 is 5.26. The summed E-state index contributed by atoms with van der Waals surface area (Å²) >= 11 is 0. The Labute approximate surface area is 79.7 Å². The van der Waals surface area contributed by atoms with E-state index < -0.39 is 0 Å². The highest BCUT2D eigenvalue weighted by Gasteiger charge is 2.28. The Morgan fingerprint density at radius 2 is 2.08 bits per heavy atom. The summed E-state index contributed by atoms with van der Waals surface area (Å²) in [7, 11) is 0.